The predicted octanol–water partition coefficient (Wildman–Crippen LogP) is 4.49. The van der Waals surface area contributed by atoms with Gasteiger partial charge in [-0.05, 0) is 62.8 Å². The van der Waals surface area contributed by atoms with Gasteiger partial charge < -0.3 is 0 Å². The summed E-state index contributed by atoms with van der Waals surface area (Å²) in [7, 11) is 0. The maximum absolute atomic E-state index is 13.3. The maximum Gasteiger partial charge on any atom is 0.238 e. The molecule has 1 heterocycles. The van der Waals surface area contributed by atoms with E-state index in [0.717, 1.165) is 24.1 Å². The molecule has 0 radical (unpaired) electrons. The fourth-order valence-corrected chi connectivity index (χ4v) is 5.62. The molecule has 3 heteroatoms. The number of carbonyl (C=O) groups excluding carboxylic acids is 2. The van der Waals surface area contributed by atoms with Gasteiger partial charge in [-0.25, -0.2) is 4.90 Å². The molecule has 26 heavy (non-hydrogen) atoms. The number of amides is 2. The van der Waals surface area contributed by atoms with Gasteiger partial charge in [0.2, 0.25) is 11.8 Å². The molecule has 5 rings (SSSR count). The summed E-state index contributed by atoms with van der Waals surface area (Å²) >= 11 is 0. The maximum atomic E-state index is 13.3. The summed E-state index contributed by atoms with van der Waals surface area (Å²) in [4.78, 5) is 28.0. The molecule has 2 saturated carbocycles. The number of nitrogens with zero attached hydrogens (tertiary/aromatic N) is 1. The van der Waals surface area contributed by atoms with E-state index in [2.05, 4.69) is 12.2 Å². The summed E-state index contributed by atoms with van der Waals surface area (Å²) < 4.78 is 0. The van der Waals surface area contributed by atoms with Gasteiger partial charge in [0, 0.05) is 11.8 Å². The van der Waals surface area contributed by atoms with Crippen LogP contribution in [0.2, 0.25) is 0 Å². The highest BCUT2D eigenvalue weighted by Gasteiger charge is 2.62. The van der Waals surface area contributed by atoms with E-state index in [1.165, 1.54) is 35.3 Å². The summed E-state index contributed by atoms with van der Waals surface area (Å²) in [5.41, 5.74) is 6.01. The lowest BCUT2D eigenvalue weighted by Crippen LogP contribution is -2.33. The van der Waals surface area contributed by atoms with Gasteiger partial charge >= 0.3 is 0 Å². The number of fused-ring (bicyclic) bond motifs is 5. The molecule has 2 amide bonds. The van der Waals surface area contributed by atoms with Crippen molar-refractivity contribution in [2.24, 2.45) is 23.7 Å². The SMILES string of the molecule is Cc1ccc(N2C(=O)[C@@H]3[C@@H](C2=O)[C@H]2C=C[C@H]3C2=C2CCCCC2)cc1C. The Bertz CT molecular complexity index is 836. The van der Waals surface area contributed by atoms with Gasteiger partial charge in [0.05, 0.1) is 17.5 Å². The second kappa shape index (κ2) is 5.67. The third-order valence-electron chi connectivity index (χ3n) is 7.03. The first-order valence-electron chi connectivity index (χ1n) is 9.93. The highest BCUT2D eigenvalue weighted by molar-refractivity contribution is 6.23. The fourth-order valence-electron chi connectivity index (χ4n) is 5.62. The molecule has 1 aromatic carbocycles. The Kier molecular flexibility index (Phi) is 3.50. The van der Waals surface area contributed by atoms with Crippen molar-refractivity contribution in [2.45, 2.75) is 46.0 Å². The van der Waals surface area contributed by atoms with E-state index in [9.17, 15) is 9.59 Å². The van der Waals surface area contributed by atoms with E-state index in [-0.39, 0.29) is 35.5 Å². The zero-order chi connectivity index (χ0) is 18.0. The standard InChI is InChI=1S/C23H25NO2/c1-13-8-9-16(12-14(13)2)24-22(25)20-17-10-11-18(21(20)23(24)26)19(17)15-6-4-3-5-7-15/h8-12,17-18,20-21H,3-7H2,1-2H3/t17-,18-,20-,21-/m0/s1. The van der Waals surface area contributed by atoms with Crippen molar-refractivity contribution in [3.63, 3.8) is 0 Å². The smallest absolute Gasteiger partial charge is 0.238 e. The van der Waals surface area contributed by atoms with Gasteiger partial charge in [0.15, 0.2) is 0 Å². The fraction of sp³-hybridized carbons (Fsp3) is 0.478. The number of hydrogen-bond donors (Lipinski definition) is 0. The minimum Gasteiger partial charge on any atom is -0.274 e. The van der Waals surface area contributed by atoms with Crippen molar-refractivity contribution in [1.29, 1.82) is 0 Å². The van der Waals surface area contributed by atoms with Gasteiger partial charge in [-0.1, -0.05) is 35.8 Å². The molecule has 3 aliphatic carbocycles. The molecule has 0 spiro atoms. The molecule has 2 bridgehead atoms. The van der Waals surface area contributed by atoms with Crippen molar-refractivity contribution in [3.05, 3.63) is 52.6 Å². The van der Waals surface area contributed by atoms with E-state index < -0.39 is 0 Å². The van der Waals surface area contributed by atoms with Crippen LogP contribution in [-0.2, 0) is 9.59 Å². The number of hydrogen-bond acceptors (Lipinski definition) is 2. The van der Waals surface area contributed by atoms with Gasteiger partial charge in [-0.15, -0.1) is 0 Å². The molecule has 4 atom stereocenters. The van der Waals surface area contributed by atoms with E-state index >= 15 is 0 Å². The summed E-state index contributed by atoms with van der Waals surface area (Å²) in [5, 5.41) is 0. The first-order chi connectivity index (χ1) is 12.6. The Morgan fingerprint density at radius 3 is 2.04 bits per heavy atom. The van der Waals surface area contributed by atoms with Crippen molar-refractivity contribution in [1.82, 2.24) is 0 Å². The van der Waals surface area contributed by atoms with Gasteiger partial charge in [0.25, 0.3) is 0 Å². The normalized spacial score (nSPS) is 32.8. The summed E-state index contributed by atoms with van der Waals surface area (Å²) in [6.07, 6.45) is 10.6. The molecule has 1 aromatic rings. The third-order valence-corrected chi connectivity index (χ3v) is 7.03. The number of aryl methyl sites for hydroxylation is 2. The number of anilines is 1. The van der Waals surface area contributed by atoms with Crippen LogP contribution >= 0.6 is 0 Å². The topological polar surface area (TPSA) is 37.4 Å². The average Bonchev–Trinajstić information content (AvgIpc) is 3.28. The highest BCUT2D eigenvalue weighted by atomic mass is 16.2. The lowest BCUT2D eigenvalue weighted by Gasteiger charge is -2.23. The number of imide groups is 1. The second-order valence-corrected chi connectivity index (χ2v) is 8.39. The number of allylic oxidation sites excluding steroid dienone is 4. The predicted molar refractivity (Wildman–Crippen MR) is 102 cm³/mol. The van der Waals surface area contributed by atoms with Gasteiger partial charge in [-0.2, -0.15) is 0 Å². The number of carbonyl (C=O) groups is 2. The van der Waals surface area contributed by atoms with E-state index in [1.807, 2.05) is 32.0 Å². The Morgan fingerprint density at radius 1 is 0.846 bits per heavy atom. The van der Waals surface area contributed by atoms with Crippen LogP contribution in [0.25, 0.3) is 0 Å². The Labute approximate surface area is 154 Å². The van der Waals surface area contributed by atoms with Gasteiger partial charge in [-0.3, -0.25) is 9.59 Å². The molecular weight excluding hydrogens is 322 g/mol. The summed E-state index contributed by atoms with van der Waals surface area (Å²) in [5.74, 6) is -0.0210. The van der Waals surface area contributed by atoms with Crippen LogP contribution in [0.15, 0.2) is 41.5 Å². The van der Waals surface area contributed by atoms with Crippen LogP contribution < -0.4 is 4.90 Å². The molecule has 3 nitrogen and oxygen atoms in total. The highest BCUT2D eigenvalue weighted by Crippen LogP contribution is 2.58. The van der Waals surface area contributed by atoms with Crippen LogP contribution in [-0.4, -0.2) is 11.8 Å². The zero-order valence-electron chi connectivity index (χ0n) is 15.5. The monoisotopic (exact) mass is 347 g/mol. The quantitative estimate of drug-likeness (QED) is 0.555. The molecule has 134 valence electrons. The van der Waals surface area contributed by atoms with E-state index in [0.29, 0.717) is 0 Å². The third kappa shape index (κ3) is 2.06. The average molecular weight is 347 g/mol. The Balaban J connectivity index is 1.53. The lowest BCUT2D eigenvalue weighted by atomic mass is 9.85. The van der Waals surface area contributed by atoms with Crippen LogP contribution in [0.3, 0.4) is 0 Å². The van der Waals surface area contributed by atoms with Crippen molar-refractivity contribution in [2.75, 3.05) is 4.90 Å². The van der Waals surface area contributed by atoms with Crippen LogP contribution in [0.1, 0.15) is 43.2 Å². The largest absolute Gasteiger partial charge is 0.274 e. The second-order valence-electron chi connectivity index (χ2n) is 8.39. The molecule has 0 N–H and O–H groups in total. The van der Waals surface area contributed by atoms with Crippen molar-refractivity contribution >= 4 is 17.5 Å². The van der Waals surface area contributed by atoms with Gasteiger partial charge in [0.1, 0.15) is 0 Å². The molecule has 4 aliphatic rings. The zero-order valence-corrected chi connectivity index (χ0v) is 15.5. The minimum absolute atomic E-state index is 0.00834. The first kappa shape index (κ1) is 16.0. The van der Waals surface area contributed by atoms with Crippen LogP contribution in [0.5, 0.6) is 0 Å². The molecule has 1 saturated heterocycles. The van der Waals surface area contributed by atoms with Crippen molar-refractivity contribution < 1.29 is 9.59 Å². The molecule has 3 fully saturated rings. The molecule has 0 unspecified atom stereocenters. The van der Waals surface area contributed by atoms with E-state index in [4.69, 9.17) is 0 Å². The Hall–Kier alpha value is -2.16. The van der Waals surface area contributed by atoms with Crippen LogP contribution in [0.4, 0.5) is 5.69 Å². The molecule has 0 aromatic heterocycles. The number of rotatable bonds is 1. The minimum atomic E-state index is -0.177. The van der Waals surface area contributed by atoms with E-state index in [1.54, 1.807) is 5.57 Å². The summed E-state index contributed by atoms with van der Waals surface area (Å²) in [6.45, 7) is 4.08. The Morgan fingerprint density at radius 2 is 1.46 bits per heavy atom. The number of benzene rings is 1. The lowest BCUT2D eigenvalue weighted by molar-refractivity contribution is -0.122. The van der Waals surface area contributed by atoms with Crippen LogP contribution in [0, 0.1) is 37.5 Å². The first-order valence-corrected chi connectivity index (χ1v) is 9.93. The molecular formula is C23H25NO2. The van der Waals surface area contributed by atoms with Crippen molar-refractivity contribution in [3.8, 4) is 0 Å². The molecule has 1 aliphatic heterocycles. The summed E-state index contributed by atoms with van der Waals surface area (Å²) in [6, 6.07) is 5.89.